The van der Waals surface area contributed by atoms with Gasteiger partial charge in [-0.3, -0.25) is 9.78 Å². The van der Waals surface area contributed by atoms with Crippen molar-refractivity contribution in [2.45, 2.75) is 19.8 Å². The number of carbonyl (C=O) groups excluding carboxylic acids is 1. The Bertz CT molecular complexity index is 802. The van der Waals surface area contributed by atoms with Crippen LogP contribution in [-0.4, -0.2) is 33.9 Å². The summed E-state index contributed by atoms with van der Waals surface area (Å²) in [5.41, 5.74) is 2.91. The number of rotatable bonds is 7. The predicted molar refractivity (Wildman–Crippen MR) is 101 cm³/mol. The van der Waals surface area contributed by atoms with E-state index in [2.05, 4.69) is 22.1 Å². The van der Waals surface area contributed by atoms with E-state index in [1.54, 1.807) is 6.20 Å². The van der Waals surface area contributed by atoms with Gasteiger partial charge in [-0.2, -0.15) is 0 Å². The summed E-state index contributed by atoms with van der Waals surface area (Å²) in [7, 11) is 0. The molecule has 25 heavy (non-hydrogen) atoms. The number of thiazole rings is 1. The van der Waals surface area contributed by atoms with Crippen LogP contribution in [0.25, 0.3) is 10.7 Å². The van der Waals surface area contributed by atoms with Gasteiger partial charge in [-0.15, -0.1) is 11.3 Å². The van der Waals surface area contributed by atoms with Crippen molar-refractivity contribution < 1.29 is 4.79 Å². The molecule has 1 amide bonds. The quantitative estimate of drug-likeness (QED) is 0.650. The van der Waals surface area contributed by atoms with Crippen molar-refractivity contribution in [3.8, 4) is 10.7 Å². The average Bonchev–Trinajstić information content (AvgIpc) is 3.12. The second kappa shape index (κ2) is 8.53. The van der Waals surface area contributed by atoms with Crippen molar-refractivity contribution in [3.05, 3.63) is 71.4 Å². The van der Waals surface area contributed by atoms with Gasteiger partial charge in [0, 0.05) is 24.7 Å². The predicted octanol–water partition coefficient (Wildman–Crippen LogP) is 3.84. The lowest BCUT2D eigenvalue weighted by molar-refractivity contribution is -0.130. The maximum atomic E-state index is 12.6. The summed E-state index contributed by atoms with van der Waals surface area (Å²) in [6, 6.07) is 16.0. The molecule has 0 aliphatic heterocycles. The molecule has 1 aromatic carbocycles. The topological polar surface area (TPSA) is 46.1 Å². The van der Waals surface area contributed by atoms with Crippen molar-refractivity contribution in [2.75, 3.05) is 13.1 Å². The van der Waals surface area contributed by atoms with Gasteiger partial charge >= 0.3 is 0 Å². The molecule has 2 aromatic heterocycles. The smallest absolute Gasteiger partial charge is 0.228 e. The first-order valence-corrected chi connectivity index (χ1v) is 9.31. The van der Waals surface area contributed by atoms with E-state index in [4.69, 9.17) is 0 Å². The lowest BCUT2D eigenvalue weighted by atomic mass is 10.1. The molecule has 0 aliphatic carbocycles. The van der Waals surface area contributed by atoms with E-state index in [9.17, 15) is 4.79 Å². The summed E-state index contributed by atoms with van der Waals surface area (Å²) in [5.74, 6) is 0.122. The molecule has 0 fully saturated rings. The maximum Gasteiger partial charge on any atom is 0.228 e. The van der Waals surface area contributed by atoms with Crippen LogP contribution in [-0.2, 0) is 17.6 Å². The van der Waals surface area contributed by atoms with E-state index in [0.29, 0.717) is 13.0 Å². The van der Waals surface area contributed by atoms with Gasteiger partial charge in [-0.05, 0) is 31.0 Å². The van der Waals surface area contributed by atoms with Gasteiger partial charge in [0.25, 0.3) is 0 Å². The summed E-state index contributed by atoms with van der Waals surface area (Å²) < 4.78 is 0. The fourth-order valence-electron chi connectivity index (χ4n) is 2.63. The second-order valence-corrected chi connectivity index (χ2v) is 6.60. The van der Waals surface area contributed by atoms with Crippen molar-refractivity contribution >= 4 is 17.2 Å². The lowest BCUT2D eigenvalue weighted by Crippen LogP contribution is -2.34. The van der Waals surface area contributed by atoms with Crippen molar-refractivity contribution in [3.63, 3.8) is 0 Å². The molecular weight excluding hydrogens is 330 g/mol. The first kappa shape index (κ1) is 17.3. The lowest BCUT2D eigenvalue weighted by Gasteiger charge is -2.20. The zero-order valence-corrected chi connectivity index (χ0v) is 15.1. The Hall–Kier alpha value is -2.53. The van der Waals surface area contributed by atoms with E-state index in [-0.39, 0.29) is 5.91 Å². The molecule has 0 saturated heterocycles. The van der Waals surface area contributed by atoms with Gasteiger partial charge in [0.1, 0.15) is 5.01 Å². The number of benzene rings is 1. The minimum Gasteiger partial charge on any atom is -0.342 e. The molecule has 0 N–H and O–H groups in total. The third-order valence-electron chi connectivity index (χ3n) is 4.02. The number of hydrogen-bond acceptors (Lipinski definition) is 4. The van der Waals surface area contributed by atoms with Crippen molar-refractivity contribution in [1.82, 2.24) is 14.9 Å². The van der Waals surface area contributed by atoms with E-state index in [0.717, 1.165) is 29.4 Å². The molecule has 128 valence electrons. The van der Waals surface area contributed by atoms with Crippen LogP contribution in [0, 0.1) is 0 Å². The summed E-state index contributed by atoms with van der Waals surface area (Å²) >= 11 is 1.53. The molecule has 0 bridgehead atoms. The molecule has 0 atom stereocenters. The summed E-state index contributed by atoms with van der Waals surface area (Å²) in [4.78, 5) is 23.4. The molecule has 2 heterocycles. The number of pyridine rings is 1. The van der Waals surface area contributed by atoms with Crippen LogP contribution in [0.5, 0.6) is 0 Å². The van der Waals surface area contributed by atoms with Crippen LogP contribution in [0.2, 0.25) is 0 Å². The largest absolute Gasteiger partial charge is 0.342 e. The normalized spacial score (nSPS) is 10.6. The SMILES string of the molecule is CCN(CCc1ccccc1)C(=O)Cc1csc(-c2ccccn2)n1. The monoisotopic (exact) mass is 351 g/mol. The van der Waals surface area contributed by atoms with E-state index < -0.39 is 0 Å². The highest BCUT2D eigenvalue weighted by Crippen LogP contribution is 2.21. The first-order chi connectivity index (χ1) is 12.3. The third-order valence-corrected chi connectivity index (χ3v) is 4.93. The molecule has 0 spiro atoms. The van der Waals surface area contributed by atoms with Gasteiger partial charge in [0.05, 0.1) is 17.8 Å². The molecule has 0 radical (unpaired) electrons. The van der Waals surface area contributed by atoms with Gasteiger partial charge < -0.3 is 4.90 Å². The van der Waals surface area contributed by atoms with Crippen molar-refractivity contribution in [1.29, 1.82) is 0 Å². The number of nitrogens with zero attached hydrogens (tertiary/aromatic N) is 3. The Morgan fingerprint density at radius 1 is 1.12 bits per heavy atom. The number of carbonyl (C=O) groups is 1. The van der Waals surface area contributed by atoms with Crippen LogP contribution in [0.15, 0.2) is 60.1 Å². The second-order valence-electron chi connectivity index (χ2n) is 5.74. The highest BCUT2D eigenvalue weighted by molar-refractivity contribution is 7.13. The highest BCUT2D eigenvalue weighted by atomic mass is 32.1. The van der Waals surface area contributed by atoms with Crippen LogP contribution in [0.4, 0.5) is 0 Å². The molecule has 3 rings (SSSR count). The molecule has 0 saturated carbocycles. The fraction of sp³-hybridized carbons (Fsp3) is 0.250. The molecule has 0 unspecified atom stereocenters. The summed E-state index contributed by atoms with van der Waals surface area (Å²) in [6.45, 7) is 3.46. The number of hydrogen-bond donors (Lipinski definition) is 0. The van der Waals surface area contributed by atoms with E-state index >= 15 is 0 Å². The zero-order chi connectivity index (χ0) is 17.5. The molecular formula is C20H21N3OS. The van der Waals surface area contributed by atoms with Crippen LogP contribution >= 0.6 is 11.3 Å². The van der Waals surface area contributed by atoms with Gasteiger partial charge in [-0.25, -0.2) is 4.98 Å². The van der Waals surface area contributed by atoms with Crippen LogP contribution < -0.4 is 0 Å². The van der Waals surface area contributed by atoms with Gasteiger partial charge in [-0.1, -0.05) is 36.4 Å². The highest BCUT2D eigenvalue weighted by Gasteiger charge is 2.15. The molecule has 5 heteroatoms. The Morgan fingerprint density at radius 3 is 2.64 bits per heavy atom. The Morgan fingerprint density at radius 2 is 1.92 bits per heavy atom. The van der Waals surface area contributed by atoms with E-state index in [1.807, 2.05) is 53.6 Å². The van der Waals surface area contributed by atoms with Crippen LogP contribution in [0.1, 0.15) is 18.2 Å². The fourth-order valence-corrected chi connectivity index (χ4v) is 3.42. The van der Waals surface area contributed by atoms with Gasteiger partial charge in [0.15, 0.2) is 0 Å². The molecule has 0 aliphatic rings. The van der Waals surface area contributed by atoms with Crippen molar-refractivity contribution in [2.24, 2.45) is 0 Å². The molecule has 3 aromatic rings. The third kappa shape index (κ3) is 4.73. The standard InChI is InChI=1S/C20H21N3OS/c1-2-23(13-11-16-8-4-3-5-9-16)19(24)14-17-15-25-20(22-17)18-10-6-7-12-21-18/h3-10,12,15H,2,11,13-14H2,1H3. The Kier molecular flexibility index (Phi) is 5.90. The van der Waals surface area contributed by atoms with Crippen LogP contribution in [0.3, 0.4) is 0 Å². The number of aromatic nitrogens is 2. The Labute approximate surface area is 152 Å². The van der Waals surface area contributed by atoms with Gasteiger partial charge in [0.2, 0.25) is 5.91 Å². The zero-order valence-electron chi connectivity index (χ0n) is 14.3. The Balaban J connectivity index is 1.59. The first-order valence-electron chi connectivity index (χ1n) is 8.43. The summed E-state index contributed by atoms with van der Waals surface area (Å²) in [6.07, 6.45) is 2.96. The average molecular weight is 351 g/mol. The minimum atomic E-state index is 0.122. The maximum absolute atomic E-state index is 12.6. The molecule has 4 nitrogen and oxygen atoms in total. The summed E-state index contributed by atoms with van der Waals surface area (Å²) in [5, 5.41) is 2.81. The number of likely N-dealkylation sites (N-methyl/N-ethyl adjacent to an activating group) is 1. The minimum absolute atomic E-state index is 0.122. The number of amides is 1. The van der Waals surface area contributed by atoms with E-state index in [1.165, 1.54) is 16.9 Å².